The van der Waals surface area contributed by atoms with Gasteiger partial charge in [0.15, 0.2) is 0 Å². The minimum Gasteiger partial charge on any atom is -0.794 e. The van der Waals surface area contributed by atoms with Crippen molar-refractivity contribution in [3.05, 3.63) is 0 Å². The summed E-state index contributed by atoms with van der Waals surface area (Å²) >= 11 is 0. The molecule has 0 radical (unpaired) electrons. The normalized spacial score (nSPS) is 10.9. The van der Waals surface area contributed by atoms with Crippen molar-refractivity contribution < 1.29 is 38.4 Å². The molecule has 0 spiro atoms. The van der Waals surface area contributed by atoms with Gasteiger partial charge in [-0.05, 0) is 0 Å². The van der Waals surface area contributed by atoms with E-state index in [1.54, 1.807) is 0 Å². The van der Waals surface area contributed by atoms with E-state index in [1.807, 2.05) is 0 Å². The Labute approximate surface area is 93.6 Å². The van der Waals surface area contributed by atoms with Crippen LogP contribution in [-0.4, -0.2) is 84.6 Å². The minimum absolute atomic E-state index is 0. The third kappa shape index (κ3) is 530. The standard InChI is InChI=1S/Ca.2H3O4Si/c;2*1-5(2,3)4/h;2*1-3H/q+2;2*-1. The first kappa shape index (κ1) is 18.2. The fourth-order valence-corrected chi connectivity index (χ4v) is 0. The quantitative estimate of drug-likeness (QED) is 0.223. The van der Waals surface area contributed by atoms with Gasteiger partial charge in [0.2, 0.25) is 0 Å². The van der Waals surface area contributed by atoms with Crippen LogP contribution in [0.1, 0.15) is 0 Å². The smallest absolute Gasteiger partial charge is 0.794 e. The first-order valence-corrected chi connectivity index (χ1v) is 5.25. The van der Waals surface area contributed by atoms with E-state index in [1.165, 1.54) is 0 Å². The maximum Gasteiger partial charge on any atom is 2.00 e. The van der Waals surface area contributed by atoms with Crippen LogP contribution in [0.3, 0.4) is 0 Å². The molecule has 0 aromatic carbocycles. The van der Waals surface area contributed by atoms with Crippen molar-refractivity contribution in [2.75, 3.05) is 0 Å². The van der Waals surface area contributed by atoms with E-state index in [4.69, 9.17) is 38.4 Å². The predicted molar refractivity (Wildman–Crippen MR) is 30.6 cm³/mol. The Morgan fingerprint density at radius 1 is 0.636 bits per heavy atom. The van der Waals surface area contributed by atoms with Crippen LogP contribution in [0.5, 0.6) is 0 Å². The number of rotatable bonds is 0. The van der Waals surface area contributed by atoms with Crippen LogP contribution in [-0.2, 0) is 0 Å². The first-order chi connectivity index (χ1) is 4.00. The molecule has 0 bridgehead atoms. The Hall–Kier alpha value is 1.37. The van der Waals surface area contributed by atoms with Gasteiger partial charge in [-0.25, -0.2) is 0 Å². The van der Waals surface area contributed by atoms with Gasteiger partial charge in [0, 0.05) is 0 Å². The molecule has 0 atom stereocenters. The van der Waals surface area contributed by atoms with E-state index < -0.39 is 18.1 Å². The van der Waals surface area contributed by atoms with E-state index in [0.29, 0.717) is 0 Å². The first-order valence-electron chi connectivity index (χ1n) is 1.75. The molecule has 0 saturated heterocycles. The monoisotopic (exact) mass is 230 g/mol. The van der Waals surface area contributed by atoms with Crippen LogP contribution in [0.4, 0.5) is 0 Å². The van der Waals surface area contributed by atoms with Gasteiger partial charge < -0.3 is 38.4 Å². The van der Waals surface area contributed by atoms with E-state index >= 15 is 0 Å². The second-order valence-corrected chi connectivity index (χ2v) is 3.44. The summed E-state index contributed by atoms with van der Waals surface area (Å²) in [7, 11) is -9.72. The molecular weight excluding hydrogens is 224 g/mol. The molecule has 0 aromatic rings. The topological polar surface area (TPSA) is 168 Å². The van der Waals surface area contributed by atoms with Crippen molar-refractivity contribution in [3.63, 3.8) is 0 Å². The van der Waals surface area contributed by atoms with Gasteiger partial charge in [0.1, 0.15) is 0 Å². The minimum atomic E-state index is -4.86. The predicted octanol–water partition coefficient (Wildman–Crippen LogP) is -6.86. The average Bonchev–Trinajstić information content (AvgIpc) is 1.12. The third-order valence-corrected chi connectivity index (χ3v) is 0. The summed E-state index contributed by atoms with van der Waals surface area (Å²) in [6.07, 6.45) is 0. The summed E-state index contributed by atoms with van der Waals surface area (Å²) in [6.45, 7) is 0. The fraction of sp³-hybridized carbons (Fsp3) is 0. The Morgan fingerprint density at radius 3 is 0.636 bits per heavy atom. The molecular formula is H6CaO8Si2. The number of hydrogen-bond acceptors (Lipinski definition) is 8. The van der Waals surface area contributed by atoms with Crippen LogP contribution < -0.4 is 9.59 Å². The molecule has 11 heavy (non-hydrogen) atoms. The molecule has 0 saturated carbocycles. The van der Waals surface area contributed by atoms with Gasteiger partial charge in [0.05, 0.1) is 0 Å². The van der Waals surface area contributed by atoms with Gasteiger partial charge in [-0.15, -0.1) is 0 Å². The zero-order valence-electron chi connectivity index (χ0n) is 5.21. The van der Waals surface area contributed by atoms with Crippen LogP contribution >= 0.6 is 0 Å². The second kappa shape index (κ2) is 6.84. The molecule has 0 aromatic heterocycles. The molecule has 0 amide bonds. The Kier molecular flexibility index (Phi) is 11.3. The molecule has 0 aliphatic rings. The van der Waals surface area contributed by atoms with Gasteiger partial charge in [-0.1, -0.05) is 0 Å². The average molecular weight is 230 g/mol. The van der Waals surface area contributed by atoms with Crippen molar-refractivity contribution in [3.8, 4) is 0 Å². The molecule has 0 unspecified atom stereocenters. The van der Waals surface area contributed by atoms with E-state index in [2.05, 4.69) is 0 Å². The molecule has 8 nitrogen and oxygen atoms in total. The summed E-state index contributed by atoms with van der Waals surface area (Å²) in [5.74, 6) is 0. The molecule has 0 rings (SSSR count). The summed E-state index contributed by atoms with van der Waals surface area (Å²) in [5.41, 5.74) is 0. The van der Waals surface area contributed by atoms with Crippen molar-refractivity contribution in [2.24, 2.45) is 0 Å². The maximum atomic E-state index is 8.91. The SMILES string of the molecule is [Ca+2].[O-][Si](O)(O)O.[O-][Si](O)(O)O. The fourth-order valence-electron chi connectivity index (χ4n) is 0. The van der Waals surface area contributed by atoms with Crippen molar-refractivity contribution in [1.29, 1.82) is 0 Å². The zero-order valence-corrected chi connectivity index (χ0v) is 9.42. The van der Waals surface area contributed by atoms with Crippen molar-refractivity contribution in [1.82, 2.24) is 0 Å². The molecule has 6 N–H and O–H groups in total. The third-order valence-electron chi connectivity index (χ3n) is 0. The summed E-state index contributed by atoms with van der Waals surface area (Å²) in [4.78, 5) is 61.1. The van der Waals surface area contributed by atoms with Crippen LogP contribution in [0.2, 0.25) is 0 Å². The van der Waals surface area contributed by atoms with Crippen LogP contribution in [0.15, 0.2) is 0 Å². The van der Waals surface area contributed by atoms with E-state index in [-0.39, 0.29) is 37.7 Å². The zero-order chi connectivity index (χ0) is 9.00. The van der Waals surface area contributed by atoms with Gasteiger partial charge in [-0.3, -0.25) is 0 Å². The molecule has 0 heterocycles. The Bertz CT molecular complexity index is 55.1. The molecule has 0 aliphatic heterocycles. The largest absolute Gasteiger partial charge is 2.00 e. The van der Waals surface area contributed by atoms with E-state index in [9.17, 15) is 0 Å². The van der Waals surface area contributed by atoms with E-state index in [0.717, 1.165) is 0 Å². The Morgan fingerprint density at radius 2 is 0.636 bits per heavy atom. The number of hydrogen-bond donors (Lipinski definition) is 6. The van der Waals surface area contributed by atoms with Gasteiger partial charge in [0.25, 0.3) is 0 Å². The van der Waals surface area contributed by atoms with Crippen molar-refractivity contribution in [2.45, 2.75) is 0 Å². The molecule has 64 valence electrons. The molecule has 11 heteroatoms. The van der Waals surface area contributed by atoms with Gasteiger partial charge >= 0.3 is 55.8 Å². The maximum absolute atomic E-state index is 8.91. The summed E-state index contributed by atoms with van der Waals surface area (Å²) in [6, 6.07) is 0. The molecule has 0 aliphatic carbocycles. The van der Waals surface area contributed by atoms with Crippen LogP contribution in [0, 0.1) is 0 Å². The van der Waals surface area contributed by atoms with Gasteiger partial charge in [-0.2, -0.15) is 0 Å². The second-order valence-electron chi connectivity index (χ2n) is 1.15. The Balaban J connectivity index is -0.000000107. The van der Waals surface area contributed by atoms with Crippen LogP contribution in [0.25, 0.3) is 0 Å². The molecule has 0 fully saturated rings. The van der Waals surface area contributed by atoms with Crippen molar-refractivity contribution >= 4 is 55.8 Å². The summed E-state index contributed by atoms with van der Waals surface area (Å²) in [5, 5.41) is 0. The summed E-state index contributed by atoms with van der Waals surface area (Å²) < 4.78 is 0.